The second-order valence-corrected chi connectivity index (χ2v) is 7.61. The van der Waals surface area contributed by atoms with Crippen LogP contribution < -0.4 is 0 Å². The van der Waals surface area contributed by atoms with Gasteiger partial charge in [-0.2, -0.15) is 0 Å². The molecule has 1 spiro atoms. The smallest absolute Gasteiger partial charge is 0.0701 e. The van der Waals surface area contributed by atoms with Crippen LogP contribution in [0.15, 0.2) is 15.9 Å². The molecule has 1 nitrogen and oxygen atoms in total. The van der Waals surface area contributed by atoms with Gasteiger partial charge >= 0.3 is 0 Å². The van der Waals surface area contributed by atoms with Crippen LogP contribution in [0.4, 0.5) is 0 Å². The van der Waals surface area contributed by atoms with E-state index in [1.54, 1.807) is 0 Å². The van der Waals surface area contributed by atoms with Gasteiger partial charge in [0.05, 0.1) is 3.79 Å². The van der Waals surface area contributed by atoms with Crippen LogP contribution in [0.1, 0.15) is 30.6 Å². The van der Waals surface area contributed by atoms with Crippen LogP contribution in [0, 0.1) is 5.41 Å². The summed E-state index contributed by atoms with van der Waals surface area (Å²) in [6.45, 7) is 3.86. The molecule has 0 radical (unpaired) electrons. The van der Waals surface area contributed by atoms with Gasteiger partial charge in [-0.1, -0.05) is 12.8 Å². The van der Waals surface area contributed by atoms with E-state index in [1.807, 2.05) is 11.3 Å². The monoisotopic (exact) mass is 285 g/mol. The highest BCUT2D eigenvalue weighted by atomic mass is 79.9. The summed E-state index contributed by atoms with van der Waals surface area (Å²) in [7, 11) is 0. The SMILES string of the molecule is Brc1ccc(CN2CC3(CCCC3)C2)s1. The van der Waals surface area contributed by atoms with Gasteiger partial charge in [0.2, 0.25) is 0 Å². The summed E-state index contributed by atoms with van der Waals surface area (Å²) >= 11 is 5.39. The minimum Gasteiger partial charge on any atom is -0.297 e. The Hall–Kier alpha value is 0.140. The Morgan fingerprint density at radius 2 is 2.00 bits per heavy atom. The molecule has 0 atom stereocenters. The standard InChI is InChI=1S/C12H16BrNS/c13-11-4-3-10(15-11)7-14-8-12(9-14)5-1-2-6-12/h3-4H,1-2,5-9H2. The van der Waals surface area contributed by atoms with E-state index in [0.717, 1.165) is 12.0 Å². The summed E-state index contributed by atoms with van der Waals surface area (Å²) in [6.07, 6.45) is 5.91. The first kappa shape index (κ1) is 10.3. The van der Waals surface area contributed by atoms with Crippen molar-refractivity contribution in [3.8, 4) is 0 Å². The first-order valence-corrected chi connectivity index (χ1v) is 7.33. The number of hydrogen-bond acceptors (Lipinski definition) is 2. The Morgan fingerprint density at radius 3 is 2.60 bits per heavy atom. The minimum atomic E-state index is 0.745. The molecule has 2 fully saturated rings. The lowest BCUT2D eigenvalue weighted by Crippen LogP contribution is -2.53. The van der Waals surface area contributed by atoms with Crippen molar-refractivity contribution in [3.63, 3.8) is 0 Å². The number of halogens is 1. The van der Waals surface area contributed by atoms with E-state index in [0.29, 0.717) is 0 Å². The summed E-state index contributed by atoms with van der Waals surface area (Å²) in [4.78, 5) is 4.10. The van der Waals surface area contributed by atoms with E-state index >= 15 is 0 Å². The van der Waals surface area contributed by atoms with Crippen LogP contribution in [0.3, 0.4) is 0 Å². The molecule has 1 saturated heterocycles. The molecule has 1 aromatic rings. The molecule has 3 heteroatoms. The Morgan fingerprint density at radius 1 is 1.27 bits per heavy atom. The van der Waals surface area contributed by atoms with Crippen molar-refractivity contribution in [1.29, 1.82) is 0 Å². The zero-order valence-corrected chi connectivity index (χ0v) is 11.2. The van der Waals surface area contributed by atoms with Crippen molar-refractivity contribution in [2.75, 3.05) is 13.1 Å². The summed E-state index contributed by atoms with van der Waals surface area (Å²) in [5, 5.41) is 0. The molecule has 0 amide bonds. The number of rotatable bonds is 2. The Kier molecular flexibility index (Phi) is 2.65. The van der Waals surface area contributed by atoms with Gasteiger partial charge in [0.25, 0.3) is 0 Å². The van der Waals surface area contributed by atoms with Gasteiger partial charge < -0.3 is 0 Å². The van der Waals surface area contributed by atoms with E-state index in [2.05, 4.69) is 33.0 Å². The normalized spacial score (nSPS) is 24.6. The molecular formula is C12H16BrNS. The summed E-state index contributed by atoms with van der Waals surface area (Å²) in [5.74, 6) is 0. The topological polar surface area (TPSA) is 3.24 Å². The van der Waals surface area contributed by atoms with Crippen LogP contribution >= 0.6 is 27.3 Å². The van der Waals surface area contributed by atoms with Crippen molar-refractivity contribution in [3.05, 3.63) is 20.8 Å². The molecule has 0 aromatic carbocycles. The molecule has 0 unspecified atom stereocenters. The molecule has 15 heavy (non-hydrogen) atoms. The zero-order chi connectivity index (χ0) is 10.3. The number of likely N-dealkylation sites (tertiary alicyclic amines) is 1. The first-order chi connectivity index (χ1) is 7.26. The van der Waals surface area contributed by atoms with E-state index in [1.165, 1.54) is 47.4 Å². The fourth-order valence-electron chi connectivity index (χ4n) is 3.11. The Bertz CT molecular complexity index is 346. The average Bonchev–Trinajstić information content (AvgIpc) is 2.74. The summed E-state index contributed by atoms with van der Waals surface area (Å²) in [6, 6.07) is 4.40. The van der Waals surface area contributed by atoms with Crippen molar-refractivity contribution in [1.82, 2.24) is 4.90 Å². The maximum atomic E-state index is 3.52. The van der Waals surface area contributed by atoms with Crippen LogP contribution in [-0.4, -0.2) is 18.0 Å². The van der Waals surface area contributed by atoms with E-state index in [4.69, 9.17) is 0 Å². The quantitative estimate of drug-likeness (QED) is 0.797. The lowest BCUT2D eigenvalue weighted by molar-refractivity contribution is 0.000484. The van der Waals surface area contributed by atoms with Gasteiger partial charge in [-0.15, -0.1) is 11.3 Å². The molecule has 0 bridgehead atoms. The van der Waals surface area contributed by atoms with Gasteiger partial charge in [-0.3, -0.25) is 4.90 Å². The molecule has 1 aliphatic heterocycles. The fourth-order valence-corrected chi connectivity index (χ4v) is 4.64. The average molecular weight is 286 g/mol. The third-order valence-corrected chi connectivity index (χ3v) is 5.40. The highest BCUT2D eigenvalue weighted by Crippen LogP contribution is 2.46. The van der Waals surface area contributed by atoms with E-state index in [-0.39, 0.29) is 0 Å². The third-order valence-electron chi connectivity index (χ3n) is 3.79. The van der Waals surface area contributed by atoms with E-state index in [9.17, 15) is 0 Å². The molecule has 3 rings (SSSR count). The minimum absolute atomic E-state index is 0.745. The third kappa shape index (κ3) is 2.02. The van der Waals surface area contributed by atoms with Crippen LogP contribution in [-0.2, 0) is 6.54 Å². The number of nitrogens with zero attached hydrogens (tertiary/aromatic N) is 1. The fraction of sp³-hybridized carbons (Fsp3) is 0.667. The second-order valence-electron chi connectivity index (χ2n) is 5.06. The Labute approximate surface area is 104 Å². The molecule has 1 aromatic heterocycles. The van der Waals surface area contributed by atoms with Crippen LogP contribution in [0.5, 0.6) is 0 Å². The van der Waals surface area contributed by atoms with Gasteiger partial charge in [0, 0.05) is 24.5 Å². The predicted octanol–water partition coefficient (Wildman–Crippen LogP) is 3.89. The highest BCUT2D eigenvalue weighted by molar-refractivity contribution is 9.11. The maximum Gasteiger partial charge on any atom is 0.0701 e. The largest absolute Gasteiger partial charge is 0.297 e. The van der Waals surface area contributed by atoms with Gasteiger partial charge in [-0.05, 0) is 46.3 Å². The van der Waals surface area contributed by atoms with Gasteiger partial charge in [0.15, 0.2) is 0 Å². The molecule has 0 N–H and O–H groups in total. The number of thiophene rings is 1. The van der Waals surface area contributed by atoms with Crippen molar-refractivity contribution >= 4 is 27.3 Å². The lowest BCUT2D eigenvalue weighted by Gasteiger charge is -2.48. The summed E-state index contributed by atoms with van der Waals surface area (Å²) < 4.78 is 1.26. The van der Waals surface area contributed by atoms with E-state index < -0.39 is 0 Å². The Balaban J connectivity index is 1.55. The molecule has 2 aliphatic rings. The second kappa shape index (κ2) is 3.86. The zero-order valence-electron chi connectivity index (χ0n) is 8.84. The summed E-state index contributed by atoms with van der Waals surface area (Å²) in [5.41, 5.74) is 0.745. The lowest BCUT2D eigenvalue weighted by atomic mass is 9.78. The predicted molar refractivity (Wildman–Crippen MR) is 68.2 cm³/mol. The van der Waals surface area contributed by atoms with Gasteiger partial charge in [-0.25, -0.2) is 0 Å². The van der Waals surface area contributed by atoms with Crippen LogP contribution in [0.2, 0.25) is 0 Å². The van der Waals surface area contributed by atoms with Crippen molar-refractivity contribution < 1.29 is 0 Å². The number of hydrogen-bond donors (Lipinski definition) is 0. The maximum absolute atomic E-state index is 3.52. The van der Waals surface area contributed by atoms with Gasteiger partial charge in [0.1, 0.15) is 0 Å². The molecule has 1 aliphatic carbocycles. The first-order valence-electron chi connectivity index (χ1n) is 5.72. The van der Waals surface area contributed by atoms with Crippen LogP contribution in [0.25, 0.3) is 0 Å². The van der Waals surface area contributed by atoms with Crippen molar-refractivity contribution in [2.45, 2.75) is 32.2 Å². The van der Waals surface area contributed by atoms with Crippen molar-refractivity contribution in [2.24, 2.45) is 5.41 Å². The molecule has 1 saturated carbocycles. The molecule has 82 valence electrons. The molecular weight excluding hydrogens is 270 g/mol. The highest BCUT2D eigenvalue weighted by Gasteiger charge is 2.44. The molecule has 2 heterocycles.